The lowest BCUT2D eigenvalue weighted by molar-refractivity contribution is -0.232. The molecule has 0 bridgehead atoms. The van der Waals surface area contributed by atoms with E-state index < -0.39 is 129 Å². The summed E-state index contributed by atoms with van der Waals surface area (Å²) in [6.45, 7) is -1.05. The standard InChI is InChI=1S/C33H28O18/c34-10-21-27(45)30(50-32(47)12-5-17(38)25(43)18(39)6-12)31(51-33(48)13-7-19(40)26(44)20(41)8-13)29(49-21)23-16(37)9-15(36)22(28(23)46)24(42)11-1-3-14(35)4-2-11/h1-9,21,27,29-31,34-41,43-46H,10H2/t21-,27-,29+,30+,31+/m1/s1. The van der Waals surface area contributed by atoms with Crippen molar-refractivity contribution in [2.75, 3.05) is 6.61 Å². The Morgan fingerprint density at radius 3 is 1.53 bits per heavy atom. The Balaban J connectivity index is 1.66. The van der Waals surface area contributed by atoms with Gasteiger partial charge < -0.3 is 75.5 Å². The van der Waals surface area contributed by atoms with Crippen LogP contribution >= 0.6 is 0 Å². The van der Waals surface area contributed by atoms with E-state index in [9.17, 15) is 75.7 Å². The molecule has 0 unspecified atom stereocenters. The van der Waals surface area contributed by atoms with Crippen LogP contribution in [0.3, 0.4) is 0 Å². The average molecular weight is 713 g/mol. The van der Waals surface area contributed by atoms with Gasteiger partial charge in [0.2, 0.25) is 5.78 Å². The van der Waals surface area contributed by atoms with E-state index in [-0.39, 0.29) is 11.3 Å². The van der Waals surface area contributed by atoms with E-state index >= 15 is 0 Å². The summed E-state index contributed by atoms with van der Waals surface area (Å²) >= 11 is 0. The molecule has 0 spiro atoms. The number of hydrogen-bond acceptors (Lipinski definition) is 18. The number of phenols is 10. The smallest absolute Gasteiger partial charge is 0.338 e. The van der Waals surface area contributed by atoms with Crippen molar-refractivity contribution >= 4 is 17.7 Å². The van der Waals surface area contributed by atoms with Gasteiger partial charge in [0, 0.05) is 11.6 Å². The van der Waals surface area contributed by atoms with E-state index in [1.807, 2.05) is 0 Å². The minimum Gasteiger partial charge on any atom is -0.508 e. The van der Waals surface area contributed by atoms with Crippen molar-refractivity contribution in [3.63, 3.8) is 0 Å². The van der Waals surface area contributed by atoms with E-state index in [1.54, 1.807) is 0 Å². The molecule has 5 atom stereocenters. The number of aromatic hydroxyl groups is 10. The number of rotatable bonds is 8. The number of hydrogen-bond donors (Lipinski definition) is 12. The second kappa shape index (κ2) is 13.7. The maximum Gasteiger partial charge on any atom is 0.338 e. The van der Waals surface area contributed by atoms with E-state index in [1.165, 1.54) is 0 Å². The number of phenolic OH excluding ortho intramolecular Hbond substituents is 10. The molecule has 1 saturated heterocycles. The second-order valence-corrected chi connectivity index (χ2v) is 11.2. The summed E-state index contributed by atoms with van der Waals surface area (Å²) in [5.74, 6) is -13.3. The Morgan fingerprint density at radius 1 is 0.588 bits per heavy atom. The van der Waals surface area contributed by atoms with Gasteiger partial charge in [-0.2, -0.15) is 0 Å². The SMILES string of the molecule is O=C(O[C@@H]1[C@@H](OC(=O)c2cc(O)c(O)c(O)c2)[C@H](O)[C@@H](CO)O[C@H]1c1c(O)cc(O)c(C(=O)c2ccc(O)cc2)c1O)c1cc(O)c(O)c(O)c1. The van der Waals surface area contributed by atoms with Crippen LogP contribution in [0.15, 0.2) is 54.6 Å². The van der Waals surface area contributed by atoms with Crippen LogP contribution in [0.25, 0.3) is 0 Å². The first kappa shape index (κ1) is 35.7. The van der Waals surface area contributed by atoms with Crippen LogP contribution in [0.2, 0.25) is 0 Å². The lowest BCUT2D eigenvalue weighted by Crippen LogP contribution is -2.58. The molecule has 18 heteroatoms. The molecule has 5 rings (SSSR count). The first-order chi connectivity index (χ1) is 24.0. The fourth-order valence-corrected chi connectivity index (χ4v) is 5.32. The minimum absolute atomic E-state index is 0.176. The molecule has 1 fully saturated rings. The molecule has 12 N–H and O–H groups in total. The second-order valence-electron chi connectivity index (χ2n) is 11.2. The molecule has 4 aromatic rings. The molecule has 1 aliphatic heterocycles. The topological polar surface area (TPSA) is 322 Å². The quantitative estimate of drug-likeness (QED) is 0.0694. The Morgan fingerprint density at radius 2 is 1.06 bits per heavy atom. The summed E-state index contributed by atoms with van der Waals surface area (Å²) in [4.78, 5) is 40.1. The van der Waals surface area contributed by atoms with Gasteiger partial charge in [0.15, 0.2) is 46.7 Å². The Bertz CT molecular complexity index is 1980. The van der Waals surface area contributed by atoms with Gasteiger partial charge in [0.05, 0.1) is 23.3 Å². The van der Waals surface area contributed by atoms with E-state index in [0.29, 0.717) is 30.3 Å². The van der Waals surface area contributed by atoms with Gasteiger partial charge in [-0.15, -0.1) is 0 Å². The molecule has 1 aliphatic rings. The first-order valence-corrected chi connectivity index (χ1v) is 14.5. The van der Waals surface area contributed by atoms with Crippen LogP contribution in [0.5, 0.6) is 57.5 Å². The third-order valence-electron chi connectivity index (χ3n) is 7.88. The van der Waals surface area contributed by atoms with Crippen LogP contribution in [0.4, 0.5) is 0 Å². The summed E-state index contributed by atoms with van der Waals surface area (Å²) in [5, 5.41) is 123. The van der Waals surface area contributed by atoms with E-state index in [2.05, 4.69) is 0 Å². The zero-order chi connectivity index (χ0) is 37.5. The summed E-state index contributed by atoms with van der Waals surface area (Å²) in [6.07, 6.45) is -10.3. The molecule has 51 heavy (non-hydrogen) atoms. The van der Waals surface area contributed by atoms with Gasteiger partial charge in [0.1, 0.15) is 46.9 Å². The molecular formula is C33H28O18. The van der Waals surface area contributed by atoms with Crippen molar-refractivity contribution in [1.82, 2.24) is 0 Å². The molecule has 1 heterocycles. The van der Waals surface area contributed by atoms with Crippen molar-refractivity contribution in [3.8, 4) is 57.5 Å². The Labute approximate surface area is 284 Å². The van der Waals surface area contributed by atoms with Crippen LogP contribution in [-0.4, -0.2) is 110 Å². The van der Waals surface area contributed by atoms with Gasteiger partial charge in [-0.05, 0) is 48.5 Å². The Kier molecular flexibility index (Phi) is 9.59. The summed E-state index contributed by atoms with van der Waals surface area (Å²) in [5.41, 5.74) is -3.11. The molecule has 0 radical (unpaired) electrons. The molecule has 18 nitrogen and oxygen atoms in total. The number of aliphatic hydroxyl groups excluding tert-OH is 2. The summed E-state index contributed by atoms with van der Waals surface area (Å²) < 4.78 is 16.6. The fraction of sp³-hybridized carbons (Fsp3) is 0.182. The van der Waals surface area contributed by atoms with Crippen molar-refractivity contribution in [3.05, 3.63) is 82.4 Å². The van der Waals surface area contributed by atoms with E-state index in [4.69, 9.17) is 14.2 Å². The number of ketones is 1. The van der Waals surface area contributed by atoms with Crippen molar-refractivity contribution < 1.29 is 89.9 Å². The number of benzene rings is 4. The van der Waals surface area contributed by atoms with Crippen molar-refractivity contribution in [2.24, 2.45) is 0 Å². The van der Waals surface area contributed by atoms with E-state index in [0.717, 1.165) is 24.3 Å². The number of ether oxygens (including phenoxy) is 3. The predicted octanol–water partition coefficient (Wildman–Crippen LogP) is 1.22. The summed E-state index contributed by atoms with van der Waals surface area (Å²) in [6, 6.07) is 7.74. The number of carbonyl (C=O) groups excluding carboxylic acids is 3. The monoisotopic (exact) mass is 712 g/mol. The lowest BCUT2D eigenvalue weighted by Gasteiger charge is -2.43. The number of esters is 2. The van der Waals surface area contributed by atoms with Crippen molar-refractivity contribution in [2.45, 2.75) is 30.5 Å². The first-order valence-electron chi connectivity index (χ1n) is 14.5. The van der Waals surface area contributed by atoms with Crippen molar-refractivity contribution in [1.29, 1.82) is 0 Å². The van der Waals surface area contributed by atoms with Crippen LogP contribution in [0.1, 0.15) is 48.3 Å². The molecular weight excluding hydrogens is 684 g/mol. The third kappa shape index (κ3) is 6.69. The fourth-order valence-electron chi connectivity index (χ4n) is 5.32. The summed E-state index contributed by atoms with van der Waals surface area (Å²) in [7, 11) is 0. The highest BCUT2D eigenvalue weighted by molar-refractivity contribution is 6.13. The average Bonchev–Trinajstić information content (AvgIpc) is 3.07. The van der Waals surface area contributed by atoms with Gasteiger partial charge >= 0.3 is 11.9 Å². The maximum absolute atomic E-state index is 13.4. The van der Waals surface area contributed by atoms with Gasteiger partial charge in [0.25, 0.3) is 0 Å². The Hall–Kier alpha value is -6.63. The van der Waals surface area contributed by atoms with Crippen LogP contribution < -0.4 is 0 Å². The largest absolute Gasteiger partial charge is 0.508 e. The number of carbonyl (C=O) groups is 3. The maximum atomic E-state index is 13.4. The zero-order valence-electron chi connectivity index (χ0n) is 25.6. The van der Waals surface area contributed by atoms with Crippen LogP contribution in [0, 0.1) is 0 Å². The predicted molar refractivity (Wildman–Crippen MR) is 165 cm³/mol. The molecule has 0 amide bonds. The lowest BCUT2D eigenvalue weighted by atomic mass is 9.87. The molecule has 268 valence electrons. The van der Waals surface area contributed by atoms with Gasteiger partial charge in [-0.1, -0.05) is 0 Å². The molecule has 4 aromatic carbocycles. The molecule has 0 aromatic heterocycles. The molecule has 0 aliphatic carbocycles. The third-order valence-corrected chi connectivity index (χ3v) is 7.88. The van der Waals surface area contributed by atoms with Gasteiger partial charge in [-0.25, -0.2) is 9.59 Å². The number of aliphatic hydroxyl groups is 2. The highest BCUT2D eigenvalue weighted by atomic mass is 16.6. The minimum atomic E-state index is -2.20. The highest BCUT2D eigenvalue weighted by Crippen LogP contribution is 2.48. The van der Waals surface area contributed by atoms with Gasteiger partial charge in [-0.3, -0.25) is 4.79 Å². The zero-order valence-corrected chi connectivity index (χ0v) is 25.6. The molecule has 0 saturated carbocycles. The highest BCUT2D eigenvalue weighted by Gasteiger charge is 2.52. The van der Waals surface area contributed by atoms with Crippen LogP contribution in [-0.2, 0) is 14.2 Å². The normalized spacial score (nSPS) is 20.0.